The number of aromatic nitrogens is 4. The molecule has 1 fully saturated rings. The molecule has 2 aliphatic rings. The van der Waals surface area contributed by atoms with E-state index < -0.39 is 80.4 Å². The van der Waals surface area contributed by atoms with E-state index in [1.165, 1.54) is 0 Å². The highest BCUT2D eigenvalue weighted by Gasteiger charge is 2.49. The summed E-state index contributed by atoms with van der Waals surface area (Å²) in [7, 11) is 0. The number of hydrogen-bond acceptors (Lipinski definition) is 4. The van der Waals surface area contributed by atoms with Crippen LogP contribution in [0.5, 0.6) is 0 Å². The van der Waals surface area contributed by atoms with E-state index in [0.717, 1.165) is 21.7 Å². The summed E-state index contributed by atoms with van der Waals surface area (Å²) >= 11 is 5.64. The lowest BCUT2D eigenvalue weighted by Gasteiger charge is -2.32. The maximum absolute atomic E-state index is 14.1. The minimum atomic E-state index is -4.69. The van der Waals surface area contributed by atoms with E-state index in [4.69, 9.17) is 11.6 Å². The van der Waals surface area contributed by atoms with Crippen molar-refractivity contribution in [1.82, 2.24) is 24.2 Å². The maximum atomic E-state index is 14.1. The van der Waals surface area contributed by atoms with E-state index in [1.54, 1.807) is 0 Å². The third-order valence-corrected chi connectivity index (χ3v) is 5.82. The molecule has 14 heteroatoms. The van der Waals surface area contributed by atoms with E-state index in [2.05, 4.69) is 10.1 Å². The molecule has 4 rings (SSSR count). The minimum Gasteiger partial charge on any atom is -0.335 e. The number of alkyl halides is 5. The minimum absolute atomic E-state index is 0.00404. The fourth-order valence-electron chi connectivity index (χ4n) is 3.98. The summed E-state index contributed by atoms with van der Waals surface area (Å²) in [5, 5.41) is 3.87. The highest BCUT2D eigenvalue weighted by Crippen LogP contribution is 2.39. The Labute approximate surface area is 181 Å². The standard InChI is InChI=1S/C18H16ClF6N5O2/c19-9-3-10(20)13(26-4-9)7-29-17(32)30-14(16(31)28-5-11(21)12(22)6-28)1-8(18(23,24)25)2-15(30)27-29/h3-4,8,11-12,14H,1-2,5-7H2/t8?,11-,12+,14?. The normalized spacial score (nSPS) is 25.8. The zero-order chi connectivity index (χ0) is 23.4. The molecule has 0 radical (unpaired) electrons. The first-order valence-corrected chi connectivity index (χ1v) is 9.95. The van der Waals surface area contributed by atoms with Crippen LogP contribution >= 0.6 is 11.6 Å². The molecule has 0 aromatic carbocycles. The van der Waals surface area contributed by atoms with E-state index in [9.17, 15) is 35.9 Å². The van der Waals surface area contributed by atoms with Gasteiger partial charge < -0.3 is 4.90 Å². The highest BCUT2D eigenvalue weighted by atomic mass is 35.5. The molecule has 0 saturated carbocycles. The van der Waals surface area contributed by atoms with Crippen LogP contribution in [-0.2, 0) is 17.8 Å². The second kappa shape index (κ2) is 8.09. The van der Waals surface area contributed by atoms with Crippen LogP contribution in [0.25, 0.3) is 0 Å². The van der Waals surface area contributed by atoms with Gasteiger partial charge in [-0.2, -0.15) is 18.3 Å². The van der Waals surface area contributed by atoms with Crippen LogP contribution in [0.15, 0.2) is 17.1 Å². The van der Waals surface area contributed by atoms with Gasteiger partial charge in [-0.25, -0.2) is 22.6 Å². The molecule has 4 atom stereocenters. The lowest BCUT2D eigenvalue weighted by atomic mass is 9.91. The van der Waals surface area contributed by atoms with Crippen molar-refractivity contribution in [2.24, 2.45) is 5.92 Å². The van der Waals surface area contributed by atoms with Crippen LogP contribution in [-0.4, -0.2) is 61.7 Å². The van der Waals surface area contributed by atoms with E-state index >= 15 is 0 Å². The van der Waals surface area contributed by atoms with Gasteiger partial charge in [-0.3, -0.25) is 14.3 Å². The monoisotopic (exact) mass is 483 g/mol. The first-order valence-electron chi connectivity index (χ1n) is 9.57. The summed E-state index contributed by atoms with van der Waals surface area (Å²) in [6.07, 6.45) is -8.94. The second-order valence-electron chi connectivity index (χ2n) is 7.78. The molecule has 2 unspecified atom stereocenters. The predicted molar refractivity (Wildman–Crippen MR) is 98.1 cm³/mol. The van der Waals surface area contributed by atoms with Crippen LogP contribution in [0.3, 0.4) is 0 Å². The molecule has 7 nitrogen and oxygen atoms in total. The maximum Gasteiger partial charge on any atom is 0.392 e. The number of halogens is 7. The number of carbonyl (C=O) groups excluding carboxylic acids is 1. The molecule has 0 N–H and O–H groups in total. The van der Waals surface area contributed by atoms with Crippen molar-refractivity contribution >= 4 is 17.5 Å². The van der Waals surface area contributed by atoms with Crippen LogP contribution < -0.4 is 5.69 Å². The van der Waals surface area contributed by atoms with Gasteiger partial charge >= 0.3 is 11.9 Å². The van der Waals surface area contributed by atoms with Gasteiger partial charge in [0, 0.05) is 12.6 Å². The first-order chi connectivity index (χ1) is 15.0. The molecule has 0 aliphatic carbocycles. The van der Waals surface area contributed by atoms with Crippen LogP contribution in [0.2, 0.25) is 5.02 Å². The Kier molecular flexibility index (Phi) is 5.72. The lowest BCUT2D eigenvalue weighted by molar-refractivity contribution is -0.183. The molecule has 4 heterocycles. The third-order valence-electron chi connectivity index (χ3n) is 5.61. The van der Waals surface area contributed by atoms with E-state index in [1.807, 2.05) is 0 Å². The molecule has 0 bridgehead atoms. The Hall–Kier alpha value is -2.57. The van der Waals surface area contributed by atoms with Crippen molar-refractivity contribution in [3.8, 4) is 0 Å². The smallest absolute Gasteiger partial charge is 0.335 e. The predicted octanol–water partition coefficient (Wildman–Crippen LogP) is 2.46. The van der Waals surface area contributed by atoms with Gasteiger partial charge in [0.1, 0.15) is 17.7 Å². The van der Waals surface area contributed by atoms with Crippen LogP contribution in [0, 0.1) is 11.7 Å². The average molecular weight is 484 g/mol. The topological polar surface area (TPSA) is 73.0 Å². The Morgan fingerprint density at radius 1 is 1.22 bits per heavy atom. The fraction of sp³-hybridized carbons (Fsp3) is 0.556. The van der Waals surface area contributed by atoms with E-state index in [-0.39, 0.29) is 16.5 Å². The van der Waals surface area contributed by atoms with Gasteiger partial charge in [0.25, 0.3) is 0 Å². The second-order valence-corrected chi connectivity index (χ2v) is 8.21. The zero-order valence-electron chi connectivity index (χ0n) is 16.2. The van der Waals surface area contributed by atoms with Crippen molar-refractivity contribution in [3.05, 3.63) is 45.1 Å². The average Bonchev–Trinajstić information content (AvgIpc) is 3.21. The van der Waals surface area contributed by atoms with Crippen LogP contribution in [0.4, 0.5) is 26.3 Å². The van der Waals surface area contributed by atoms with Gasteiger partial charge in [-0.15, -0.1) is 0 Å². The molecule has 2 aromatic rings. The molecular formula is C18H16ClF6N5O2. The van der Waals surface area contributed by atoms with Gasteiger partial charge in [0.05, 0.1) is 36.3 Å². The van der Waals surface area contributed by atoms with Crippen molar-refractivity contribution in [2.75, 3.05) is 13.1 Å². The molecule has 2 aromatic heterocycles. The molecule has 1 amide bonds. The van der Waals surface area contributed by atoms with Crippen LogP contribution in [0.1, 0.15) is 24.0 Å². The molecule has 0 spiro atoms. The molecule has 2 aliphatic heterocycles. The van der Waals surface area contributed by atoms with E-state index in [0.29, 0.717) is 4.68 Å². The highest BCUT2D eigenvalue weighted by molar-refractivity contribution is 6.30. The third kappa shape index (κ3) is 4.09. The number of carbonyl (C=O) groups is 1. The largest absolute Gasteiger partial charge is 0.392 e. The molecule has 174 valence electrons. The number of nitrogens with zero attached hydrogens (tertiary/aromatic N) is 5. The zero-order valence-corrected chi connectivity index (χ0v) is 17.0. The van der Waals surface area contributed by atoms with Crippen molar-refractivity contribution in [1.29, 1.82) is 0 Å². The number of amides is 1. The first kappa shape index (κ1) is 22.6. The number of pyridine rings is 1. The van der Waals surface area contributed by atoms with Gasteiger partial charge in [0.15, 0.2) is 12.3 Å². The van der Waals surface area contributed by atoms with Crippen molar-refractivity contribution < 1.29 is 31.1 Å². The summed E-state index contributed by atoms with van der Waals surface area (Å²) in [4.78, 5) is 30.3. The number of hydrogen-bond donors (Lipinski definition) is 0. The Morgan fingerprint density at radius 3 is 2.47 bits per heavy atom. The molecule has 32 heavy (non-hydrogen) atoms. The SMILES string of the molecule is O=C(C1CC(C(F)(F)F)Cc2nn(Cc3ncc(Cl)cc3F)c(=O)n21)N1C[C@@H](F)[C@@H](F)C1. The Morgan fingerprint density at radius 2 is 1.88 bits per heavy atom. The summed E-state index contributed by atoms with van der Waals surface area (Å²) < 4.78 is 83.1. The Balaban J connectivity index is 1.71. The quantitative estimate of drug-likeness (QED) is 0.629. The molecular weight excluding hydrogens is 468 g/mol. The number of likely N-dealkylation sites (tertiary alicyclic amines) is 1. The van der Waals surface area contributed by atoms with Gasteiger partial charge in [-0.1, -0.05) is 11.6 Å². The fourth-order valence-corrected chi connectivity index (χ4v) is 4.12. The summed E-state index contributed by atoms with van der Waals surface area (Å²) in [5.41, 5.74) is -1.19. The Bertz CT molecular complexity index is 1090. The van der Waals surface area contributed by atoms with Crippen molar-refractivity contribution in [3.63, 3.8) is 0 Å². The van der Waals surface area contributed by atoms with Gasteiger partial charge in [-0.05, 0) is 12.5 Å². The summed E-state index contributed by atoms with van der Waals surface area (Å²) in [6, 6.07) is -0.697. The summed E-state index contributed by atoms with van der Waals surface area (Å²) in [5.74, 6) is -4.17. The lowest BCUT2D eigenvalue weighted by Crippen LogP contribution is -2.45. The van der Waals surface area contributed by atoms with Gasteiger partial charge in [0.2, 0.25) is 5.91 Å². The summed E-state index contributed by atoms with van der Waals surface area (Å²) in [6.45, 7) is -1.75. The molecule has 1 saturated heterocycles. The number of fused-ring (bicyclic) bond motifs is 1. The number of rotatable bonds is 3. The van der Waals surface area contributed by atoms with Crippen molar-refractivity contribution in [2.45, 2.75) is 43.9 Å².